The quantitative estimate of drug-likeness (QED) is 0.693. The predicted molar refractivity (Wildman–Crippen MR) is 76.3 cm³/mol. The van der Waals surface area contributed by atoms with Gasteiger partial charge in [-0.25, -0.2) is 4.79 Å². The second-order valence-corrected chi connectivity index (χ2v) is 5.38. The Balaban J connectivity index is 2.38. The van der Waals surface area contributed by atoms with E-state index in [0.717, 1.165) is 24.4 Å². The van der Waals surface area contributed by atoms with E-state index < -0.39 is 12.0 Å². The number of likely N-dealkylation sites (tertiary alicyclic amines) is 1. The molecule has 6 heteroatoms. The van der Waals surface area contributed by atoms with Crippen molar-refractivity contribution >= 4 is 12.0 Å². The zero-order valence-corrected chi connectivity index (χ0v) is 12.1. The van der Waals surface area contributed by atoms with Crippen LogP contribution < -0.4 is 5.32 Å². The number of amides is 2. The van der Waals surface area contributed by atoms with E-state index in [2.05, 4.69) is 30.0 Å². The van der Waals surface area contributed by atoms with Crippen LogP contribution in [-0.4, -0.2) is 65.7 Å². The van der Waals surface area contributed by atoms with Crippen molar-refractivity contribution in [1.82, 2.24) is 15.1 Å². The van der Waals surface area contributed by atoms with E-state index in [1.54, 1.807) is 0 Å². The van der Waals surface area contributed by atoms with Gasteiger partial charge in [-0.15, -0.1) is 6.42 Å². The zero-order chi connectivity index (χ0) is 15.1. The van der Waals surface area contributed by atoms with Crippen molar-refractivity contribution in [3.8, 4) is 12.3 Å². The second kappa shape index (κ2) is 7.75. The number of terminal acetylenes is 1. The lowest BCUT2D eigenvalue weighted by Crippen LogP contribution is -2.44. The molecule has 1 atom stereocenters. The fourth-order valence-corrected chi connectivity index (χ4v) is 2.31. The van der Waals surface area contributed by atoms with E-state index in [1.165, 1.54) is 0 Å². The summed E-state index contributed by atoms with van der Waals surface area (Å²) in [6.45, 7) is 6.50. The molecule has 112 valence electrons. The topological polar surface area (TPSA) is 72.9 Å². The molecule has 0 saturated carbocycles. The summed E-state index contributed by atoms with van der Waals surface area (Å²) in [6.07, 6.45) is 6.19. The maximum atomic E-state index is 11.9. The van der Waals surface area contributed by atoms with Crippen molar-refractivity contribution in [3.05, 3.63) is 0 Å². The number of urea groups is 1. The molecular formula is C14H23N3O3. The minimum absolute atomic E-state index is 0.000912. The van der Waals surface area contributed by atoms with E-state index >= 15 is 0 Å². The Hall–Kier alpha value is -1.74. The molecule has 1 rings (SSSR count). The second-order valence-electron chi connectivity index (χ2n) is 5.38. The molecule has 20 heavy (non-hydrogen) atoms. The number of hydrogen-bond donors (Lipinski definition) is 2. The number of hydrogen-bond acceptors (Lipinski definition) is 3. The van der Waals surface area contributed by atoms with E-state index in [4.69, 9.17) is 11.5 Å². The molecule has 0 bridgehead atoms. The average molecular weight is 281 g/mol. The minimum atomic E-state index is -1.07. The summed E-state index contributed by atoms with van der Waals surface area (Å²) in [5.41, 5.74) is 0. The van der Waals surface area contributed by atoms with Crippen molar-refractivity contribution in [3.63, 3.8) is 0 Å². The molecule has 1 fully saturated rings. The fraction of sp³-hybridized carbons (Fsp3) is 0.714. The van der Waals surface area contributed by atoms with E-state index in [9.17, 15) is 9.59 Å². The van der Waals surface area contributed by atoms with Crippen molar-refractivity contribution in [1.29, 1.82) is 0 Å². The van der Waals surface area contributed by atoms with Gasteiger partial charge >= 0.3 is 12.0 Å². The summed E-state index contributed by atoms with van der Waals surface area (Å²) in [6, 6.07) is 0.106. The SMILES string of the molecule is C#CCN(CC(=O)O)C(=O)NCC1CCN(C(C)C)C1. The van der Waals surface area contributed by atoms with Crippen molar-refractivity contribution < 1.29 is 14.7 Å². The van der Waals surface area contributed by atoms with Crippen molar-refractivity contribution in [2.24, 2.45) is 5.92 Å². The van der Waals surface area contributed by atoms with Gasteiger partial charge in [-0.1, -0.05) is 5.92 Å². The first kappa shape index (κ1) is 16.3. The van der Waals surface area contributed by atoms with E-state index in [-0.39, 0.29) is 13.1 Å². The highest BCUT2D eigenvalue weighted by Gasteiger charge is 2.25. The summed E-state index contributed by atoms with van der Waals surface area (Å²) in [4.78, 5) is 26.0. The van der Waals surface area contributed by atoms with Crippen LogP contribution in [0.3, 0.4) is 0 Å². The minimum Gasteiger partial charge on any atom is -0.480 e. The Kier molecular flexibility index (Phi) is 6.32. The Bertz CT molecular complexity index is 390. The number of nitrogens with zero attached hydrogens (tertiary/aromatic N) is 2. The summed E-state index contributed by atoms with van der Waals surface area (Å²) >= 11 is 0. The number of nitrogens with one attached hydrogen (secondary N) is 1. The van der Waals surface area contributed by atoms with Crippen molar-refractivity contribution in [2.45, 2.75) is 26.3 Å². The van der Waals surface area contributed by atoms with Crippen LogP contribution in [0, 0.1) is 18.3 Å². The molecule has 2 N–H and O–H groups in total. The average Bonchev–Trinajstić information content (AvgIpc) is 2.84. The van der Waals surface area contributed by atoms with Gasteiger partial charge in [0.2, 0.25) is 0 Å². The fourth-order valence-electron chi connectivity index (χ4n) is 2.31. The standard InChI is InChI=1S/C14H23N3O3/c1-4-6-17(10-13(18)19)14(20)15-8-12-5-7-16(9-12)11(2)3/h1,11-12H,5-10H2,2-3H3,(H,15,20)(H,18,19). The normalized spacial score (nSPS) is 18.8. The van der Waals surface area contributed by atoms with Gasteiger partial charge in [0.1, 0.15) is 6.54 Å². The molecule has 2 amide bonds. The molecule has 0 aliphatic carbocycles. The molecule has 1 heterocycles. The molecule has 0 aromatic carbocycles. The first-order chi connectivity index (χ1) is 9.43. The third-order valence-corrected chi connectivity index (χ3v) is 3.49. The molecule has 1 aliphatic heterocycles. The lowest BCUT2D eigenvalue weighted by atomic mass is 10.1. The maximum Gasteiger partial charge on any atom is 0.323 e. The molecule has 6 nitrogen and oxygen atoms in total. The Morgan fingerprint density at radius 2 is 2.25 bits per heavy atom. The summed E-state index contributed by atoms with van der Waals surface area (Å²) in [5.74, 6) is 1.65. The van der Waals surface area contributed by atoms with E-state index in [0.29, 0.717) is 18.5 Å². The van der Waals surface area contributed by atoms with Crippen LogP contribution in [0.4, 0.5) is 4.79 Å². The number of aliphatic carboxylic acids is 1. The van der Waals surface area contributed by atoms with Crippen LogP contribution in [0.2, 0.25) is 0 Å². The molecule has 0 radical (unpaired) electrons. The van der Waals surface area contributed by atoms with Gasteiger partial charge in [-0.2, -0.15) is 0 Å². The van der Waals surface area contributed by atoms with E-state index in [1.807, 2.05) is 0 Å². The molecule has 0 aromatic rings. The number of rotatable bonds is 6. The molecular weight excluding hydrogens is 258 g/mol. The summed E-state index contributed by atoms with van der Waals surface area (Å²) < 4.78 is 0. The van der Waals surface area contributed by atoms with Crippen LogP contribution in [0.25, 0.3) is 0 Å². The molecule has 0 aromatic heterocycles. The monoisotopic (exact) mass is 281 g/mol. The van der Waals surface area contributed by atoms with Gasteiger partial charge in [0, 0.05) is 19.1 Å². The van der Waals surface area contributed by atoms with Gasteiger partial charge in [0.15, 0.2) is 0 Å². The lowest BCUT2D eigenvalue weighted by molar-refractivity contribution is -0.137. The third kappa shape index (κ3) is 5.10. The highest BCUT2D eigenvalue weighted by atomic mass is 16.4. The molecule has 1 unspecified atom stereocenters. The summed E-state index contributed by atoms with van der Waals surface area (Å²) in [5, 5.41) is 11.5. The van der Waals surface area contributed by atoms with Crippen LogP contribution in [-0.2, 0) is 4.79 Å². The Morgan fingerprint density at radius 3 is 2.75 bits per heavy atom. The predicted octanol–water partition coefficient (Wildman–Crippen LogP) is 0.446. The highest BCUT2D eigenvalue weighted by Crippen LogP contribution is 2.17. The van der Waals surface area contributed by atoms with Crippen LogP contribution in [0.15, 0.2) is 0 Å². The van der Waals surface area contributed by atoms with Crippen LogP contribution >= 0.6 is 0 Å². The van der Waals surface area contributed by atoms with Gasteiger partial charge in [0.05, 0.1) is 6.54 Å². The summed E-state index contributed by atoms with van der Waals surface area (Å²) in [7, 11) is 0. The molecule has 1 aliphatic rings. The Labute approximate surface area is 120 Å². The first-order valence-corrected chi connectivity index (χ1v) is 6.86. The van der Waals surface area contributed by atoms with Gasteiger partial charge < -0.3 is 20.2 Å². The smallest absolute Gasteiger partial charge is 0.323 e. The highest BCUT2D eigenvalue weighted by molar-refractivity contribution is 5.80. The third-order valence-electron chi connectivity index (χ3n) is 3.49. The van der Waals surface area contributed by atoms with Gasteiger partial charge in [-0.05, 0) is 32.7 Å². The van der Waals surface area contributed by atoms with Crippen molar-refractivity contribution in [2.75, 3.05) is 32.7 Å². The zero-order valence-electron chi connectivity index (χ0n) is 12.1. The number of carbonyl (C=O) groups is 2. The number of carboxylic acids is 1. The first-order valence-electron chi connectivity index (χ1n) is 6.86. The van der Waals surface area contributed by atoms with Crippen LogP contribution in [0.1, 0.15) is 20.3 Å². The van der Waals surface area contributed by atoms with Gasteiger partial charge in [0.25, 0.3) is 0 Å². The molecule has 0 spiro atoms. The van der Waals surface area contributed by atoms with Crippen LogP contribution in [0.5, 0.6) is 0 Å². The number of carboxylic acid groups (broad SMARTS) is 1. The maximum absolute atomic E-state index is 11.9. The lowest BCUT2D eigenvalue weighted by Gasteiger charge is -2.22. The molecule has 1 saturated heterocycles. The van der Waals surface area contributed by atoms with Gasteiger partial charge in [-0.3, -0.25) is 4.79 Å². The largest absolute Gasteiger partial charge is 0.480 e. The number of carbonyl (C=O) groups excluding carboxylic acids is 1. The Morgan fingerprint density at radius 1 is 1.55 bits per heavy atom.